The Bertz CT molecular complexity index is 1260. The lowest BCUT2D eigenvalue weighted by atomic mass is 9.89. The van der Waals surface area contributed by atoms with Crippen LogP contribution in [0.4, 0.5) is 10.8 Å². The fourth-order valence-electron chi connectivity index (χ4n) is 4.16. The van der Waals surface area contributed by atoms with E-state index in [1.807, 2.05) is 25.2 Å². The Kier molecular flexibility index (Phi) is 6.64. The fraction of sp³-hybridized carbons (Fsp3) is 0.348. The third-order valence-electron chi connectivity index (χ3n) is 5.85. The summed E-state index contributed by atoms with van der Waals surface area (Å²) in [4.78, 5) is 47.9. The molecule has 0 radical (unpaired) electrons. The van der Waals surface area contributed by atoms with Gasteiger partial charge in [-0.25, -0.2) is 9.97 Å². The van der Waals surface area contributed by atoms with Gasteiger partial charge in [0.1, 0.15) is 5.56 Å². The van der Waals surface area contributed by atoms with E-state index in [0.717, 1.165) is 33.8 Å². The third kappa shape index (κ3) is 4.65. The number of piperidine rings is 1. The quantitative estimate of drug-likeness (QED) is 0.475. The highest BCUT2D eigenvalue weighted by Gasteiger charge is 2.34. The number of likely N-dealkylation sites (tertiary alicyclic amines) is 1. The number of nitrogens with one attached hydrogen (secondary N) is 2. The zero-order valence-corrected chi connectivity index (χ0v) is 19.9. The Morgan fingerprint density at radius 1 is 1.24 bits per heavy atom. The van der Waals surface area contributed by atoms with Gasteiger partial charge >= 0.3 is 11.8 Å². The van der Waals surface area contributed by atoms with Gasteiger partial charge in [-0.15, -0.1) is 0 Å². The second-order valence-corrected chi connectivity index (χ2v) is 9.28. The van der Waals surface area contributed by atoms with E-state index in [0.29, 0.717) is 6.54 Å². The number of hydrogen-bond donors (Lipinski definition) is 3. The maximum atomic E-state index is 13.2. The minimum atomic E-state index is -0.811. The second-order valence-electron chi connectivity index (χ2n) is 8.25. The van der Waals surface area contributed by atoms with Gasteiger partial charge in [-0.3, -0.25) is 14.4 Å². The number of thiazole rings is 1. The number of amides is 3. The van der Waals surface area contributed by atoms with Crippen LogP contribution in [0.15, 0.2) is 30.5 Å². The second kappa shape index (κ2) is 9.64. The lowest BCUT2D eigenvalue weighted by molar-refractivity contribution is -0.146. The summed E-state index contributed by atoms with van der Waals surface area (Å²) in [5, 5.41) is 6.41. The maximum absolute atomic E-state index is 13.2. The van der Waals surface area contributed by atoms with Gasteiger partial charge in [0.15, 0.2) is 5.13 Å². The molecule has 0 aliphatic carbocycles. The lowest BCUT2D eigenvalue weighted by Gasteiger charge is -2.38. The number of nitrogens with zero attached hydrogens (tertiary/aromatic N) is 3. The average molecular weight is 483 g/mol. The first-order chi connectivity index (χ1) is 16.3. The highest BCUT2D eigenvalue weighted by atomic mass is 32.1. The van der Waals surface area contributed by atoms with Crippen LogP contribution in [0.25, 0.3) is 10.2 Å². The number of nitrogens with two attached hydrogens (primary N) is 1. The number of hydrogen-bond acceptors (Lipinski definition) is 8. The van der Waals surface area contributed by atoms with E-state index >= 15 is 0 Å². The predicted octanol–water partition coefficient (Wildman–Crippen LogP) is 2.78. The van der Waals surface area contributed by atoms with Crippen molar-refractivity contribution in [2.24, 2.45) is 11.7 Å². The average Bonchev–Trinajstić information content (AvgIpc) is 3.26. The zero-order chi connectivity index (χ0) is 24.4. The molecule has 10 nitrogen and oxygen atoms in total. The van der Waals surface area contributed by atoms with E-state index in [1.165, 1.54) is 19.4 Å². The van der Waals surface area contributed by atoms with Crippen molar-refractivity contribution in [3.63, 3.8) is 0 Å². The molecule has 0 bridgehead atoms. The molecule has 1 aromatic carbocycles. The van der Waals surface area contributed by atoms with Crippen molar-refractivity contribution in [2.75, 3.05) is 31.3 Å². The van der Waals surface area contributed by atoms with Gasteiger partial charge < -0.3 is 26.0 Å². The van der Waals surface area contributed by atoms with E-state index < -0.39 is 17.7 Å². The number of fused-ring (bicyclic) bond motifs is 1. The summed E-state index contributed by atoms with van der Waals surface area (Å²) >= 11 is 1.56. The Labute approximate surface area is 200 Å². The number of carbonyl (C=O) groups excluding carboxylic acids is 3. The summed E-state index contributed by atoms with van der Waals surface area (Å²) in [6.07, 6.45) is 2.99. The van der Waals surface area contributed by atoms with Crippen molar-refractivity contribution in [2.45, 2.75) is 25.8 Å². The summed E-state index contributed by atoms with van der Waals surface area (Å²) in [6, 6.07) is 7.07. The van der Waals surface area contributed by atoms with E-state index in [1.54, 1.807) is 16.2 Å². The van der Waals surface area contributed by atoms with Gasteiger partial charge in [-0.05, 0) is 42.5 Å². The Hall–Kier alpha value is -3.73. The Morgan fingerprint density at radius 2 is 2.03 bits per heavy atom. The molecule has 3 amide bonds. The van der Waals surface area contributed by atoms with E-state index in [-0.39, 0.29) is 29.1 Å². The molecule has 2 aromatic heterocycles. The number of aromatic nitrogens is 2. The van der Waals surface area contributed by atoms with Gasteiger partial charge in [0.2, 0.25) is 5.88 Å². The molecule has 0 saturated carbocycles. The lowest BCUT2D eigenvalue weighted by Crippen LogP contribution is -2.46. The largest absolute Gasteiger partial charge is 0.480 e. The fourth-order valence-corrected chi connectivity index (χ4v) is 4.96. The summed E-state index contributed by atoms with van der Waals surface area (Å²) < 4.78 is 6.06. The molecular formula is C23H26N6O4S. The number of benzene rings is 1. The highest BCUT2D eigenvalue weighted by molar-refractivity contribution is 7.22. The smallest absolute Gasteiger partial charge is 0.313 e. The topological polar surface area (TPSA) is 140 Å². The molecule has 4 N–H and O–H groups in total. The molecule has 0 unspecified atom stereocenters. The van der Waals surface area contributed by atoms with Gasteiger partial charge in [-0.1, -0.05) is 24.3 Å². The van der Waals surface area contributed by atoms with Crippen molar-refractivity contribution in [1.29, 1.82) is 0 Å². The van der Waals surface area contributed by atoms with Crippen molar-refractivity contribution >= 4 is 50.1 Å². The first-order valence-corrected chi connectivity index (χ1v) is 11.7. The molecule has 3 heterocycles. The van der Waals surface area contributed by atoms with Crippen LogP contribution in [0.3, 0.4) is 0 Å². The van der Waals surface area contributed by atoms with Crippen molar-refractivity contribution in [3.8, 4) is 5.88 Å². The first-order valence-electron chi connectivity index (χ1n) is 10.8. The molecule has 1 fully saturated rings. The highest BCUT2D eigenvalue weighted by Crippen LogP contribution is 2.36. The number of primary amides is 1. The molecule has 0 spiro atoms. The molecule has 1 aliphatic heterocycles. The maximum Gasteiger partial charge on any atom is 0.313 e. The molecule has 1 aliphatic rings. The van der Waals surface area contributed by atoms with Crippen LogP contribution >= 0.6 is 11.3 Å². The normalized spacial score (nSPS) is 17.9. The van der Waals surface area contributed by atoms with Gasteiger partial charge in [0.25, 0.3) is 5.91 Å². The predicted molar refractivity (Wildman–Crippen MR) is 130 cm³/mol. The van der Waals surface area contributed by atoms with Crippen molar-refractivity contribution < 1.29 is 19.1 Å². The molecule has 34 heavy (non-hydrogen) atoms. The van der Waals surface area contributed by atoms with E-state index in [4.69, 9.17) is 10.5 Å². The van der Waals surface area contributed by atoms with Gasteiger partial charge in [0.05, 0.1) is 35.3 Å². The number of carbonyl (C=O) groups is 3. The van der Waals surface area contributed by atoms with Crippen molar-refractivity contribution in [3.05, 3.63) is 41.6 Å². The standard InChI is InChI=1S/C23H26N6O4S/c1-12-4-6-17(13-5-7-18-16(8-13)28-23(25-2)34-18)29(11-12)22(32)20(31)27-14-9-15(19(24)30)21(33-3)26-10-14/h5,7-10,12,17H,4,6,11H2,1-3H3,(H2,24,30)(H,25,28)(H,27,31)/t12-,17+/m0/s1. The van der Waals surface area contributed by atoms with Crippen LogP contribution < -0.4 is 21.1 Å². The molecule has 11 heteroatoms. The third-order valence-corrected chi connectivity index (χ3v) is 6.90. The number of ether oxygens (including phenoxy) is 1. The van der Waals surface area contributed by atoms with Crippen LogP contribution in [0.5, 0.6) is 5.88 Å². The molecule has 3 aromatic rings. The van der Waals surface area contributed by atoms with Crippen LogP contribution in [-0.2, 0) is 9.59 Å². The molecule has 1 saturated heterocycles. The number of methoxy groups -OCH3 is 1. The molecule has 4 rings (SSSR count). The van der Waals surface area contributed by atoms with E-state index in [2.05, 4.69) is 27.5 Å². The Balaban J connectivity index is 1.58. The molecular weight excluding hydrogens is 456 g/mol. The molecule has 2 atom stereocenters. The summed E-state index contributed by atoms with van der Waals surface area (Å²) in [7, 11) is 3.18. The number of rotatable bonds is 5. The number of pyridine rings is 1. The number of anilines is 2. The minimum absolute atomic E-state index is 0.00900. The van der Waals surface area contributed by atoms with E-state index in [9.17, 15) is 14.4 Å². The minimum Gasteiger partial charge on any atom is -0.480 e. The van der Waals surface area contributed by atoms with Gasteiger partial charge in [-0.2, -0.15) is 0 Å². The zero-order valence-electron chi connectivity index (χ0n) is 19.1. The summed E-state index contributed by atoms with van der Waals surface area (Å²) in [5.41, 5.74) is 7.34. The van der Waals surface area contributed by atoms with Gasteiger partial charge in [0, 0.05) is 13.6 Å². The summed E-state index contributed by atoms with van der Waals surface area (Å²) in [6.45, 7) is 2.52. The Morgan fingerprint density at radius 3 is 2.74 bits per heavy atom. The van der Waals surface area contributed by atoms with Crippen LogP contribution in [0.1, 0.15) is 41.7 Å². The van der Waals surface area contributed by atoms with Crippen LogP contribution in [0, 0.1) is 5.92 Å². The summed E-state index contributed by atoms with van der Waals surface area (Å²) in [5.74, 6) is -1.91. The molecule has 178 valence electrons. The first kappa shape index (κ1) is 23.4. The van der Waals surface area contributed by atoms with Crippen LogP contribution in [0.2, 0.25) is 0 Å². The van der Waals surface area contributed by atoms with Crippen molar-refractivity contribution in [1.82, 2.24) is 14.9 Å². The SMILES string of the molecule is CNc1nc2cc([C@H]3CC[C@H](C)CN3C(=O)C(=O)Nc3cnc(OC)c(C(N)=O)c3)ccc2s1. The monoisotopic (exact) mass is 482 g/mol. The van der Waals surface area contributed by atoms with Crippen LogP contribution in [-0.4, -0.2) is 53.3 Å².